The van der Waals surface area contributed by atoms with E-state index < -0.39 is 11.4 Å². The van der Waals surface area contributed by atoms with Crippen LogP contribution in [0.1, 0.15) is 19.5 Å². The molecule has 2 atom stereocenters. The molecule has 4 nitrogen and oxygen atoms in total. The number of pyridine rings is 1. The third-order valence-electron chi connectivity index (χ3n) is 3.20. The third-order valence-corrected chi connectivity index (χ3v) is 3.20. The number of amidine groups is 1. The molecule has 0 aromatic carbocycles. The highest BCUT2D eigenvalue weighted by Gasteiger charge is 2.40. The van der Waals surface area contributed by atoms with E-state index in [4.69, 9.17) is 0 Å². The van der Waals surface area contributed by atoms with Crippen molar-refractivity contribution in [1.82, 2.24) is 9.88 Å². The summed E-state index contributed by atoms with van der Waals surface area (Å²) in [5.41, 5.74) is -0.840. The Hall–Kier alpha value is -1.75. The quantitative estimate of drug-likeness (QED) is 0.867. The largest absolute Gasteiger partial charge is 0.376 e. The van der Waals surface area contributed by atoms with Crippen molar-refractivity contribution in [2.24, 2.45) is 4.99 Å². The van der Waals surface area contributed by atoms with Crippen molar-refractivity contribution >= 4 is 5.84 Å². The first-order valence-electron chi connectivity index (χ1n) is 5.70. The Bertz CT molecular complexity index is 525. The van der Waals surface area contributed by atoms with E-state index >= 15 is 0 Å². The lowest BCUT2D eigenvalue weighted by Gasteiger charge is -2.28. The summed E-state index contributed by atoms with van der Waals surface area (Å²) in [4.78, 5) is 9.92. The molecule has 0 saturated carbocycles. The molecule has 0 spiro atoms. The lowest BCUT2D eigenvalue weighted by atomic mass is 9.99. The number of hydrogen-bond acceptors (Lipinski definition) is 4. The zero-order valence-electron chi connectivity index (χ0n) is 10.7. The first-order chi connectivity index (χ1) is 8.35. The Kier molecular flexibility index (Phi) is 2.94. The molecular formula is C13H16FN3O. The average Bonchev–Trinajstić information content (AvgIpc) is 2.58. The van der Waals surface area contributed by atoms with Gasteiger partial charge in [-0.25, -0.2) is 4.39 Å². The maximum Gasteiger partial charge on any atom is 0.164 e. The molecule has 18 heavy (non-hydrogen) atoms. The van der Waals surface area contributed by atoms with Crippen LogP contribution in [0.2, 0.25) is 0 Å². The van der Waals surface area contributed by atoms with Gasteiger partial charge in [0.1, 0.15) is 17.3 Å². The average molecular weight is 249 g/mol. The number of likely N-dealkylation sites (N-methyl/N-ethyl adjacent to an activating group) is 1. The predicted molar refractivity (Wildman–Crippen MR) is 67.6 cm³/mol. The van der Waals surface area contributed by atoms with Crippen molar-refractivity contribution in [3.05, 3.63) is 42.1 Å². The van der Waals surface area contributed by atoms with Gasteiger partial charge in [0, 0.05) is 18.9 Å². The molecule has 1 aliphatic rings. The molecule has 2 heterocycles. The minimum Gasteiger partial charge on any atom is -0.376 e. The molecule has 0 amide bonds. The second-order valence-electron chi connectivity index (χ2n) is 4.59. The van der Waals surface area contributed by atoms with Crippen molar-refractivity contribution in [2.75, 3.05) is 7.05 Å². The van der Waals surface area contributed by atoms with Gasteiger partial charge in [0.25, 0.3) is 0 Å². The monoisotopic (exact) mass is 249 g/mol. The minimum atomic E-state index is -1.58. The number of halogens is 1. The normalized spacial score (nSPS) is 22.9. The van der Waals surface area contributed by atoms with Gasteiger partial charge in [0.05, 0.1) is 6.04 Å². The van der Waals surface area contributed by atoms with E-state index in [1.165, 1.54) is 25.3 Å². The first-order valence-corrected chi connectivity index (χ1v) is 5.70. The van der Waals surface area contributed by atoms with Crippen molar-refractivity contribution < 1.29 is 9.50 Å². The number of aromatic nitrogens is 1. The molecule has 1 aliphatic heterocycles. The highest BCUT2D eigenvalue weighted by Crippen LogP contribution is 2.30. The van der Waals surface area contributed by atoms with Crippen LogP contribution in [0.25, 0.3) is 0 Å². The SMILES string of the molecule is C=C1C(C)N=C(C(C)(O)c2ncccc2F)N1C. The summed E-state index contributed by atoms with van der Waals surface area (Å²) in [6.45, 7) is 7.24. The zero-order chi connectivity index (χ0) is 13.5. The van der Waals surface area contributed by atoms with Gasteiger partial charge in [0.15, 0.2) is 5.60 Å². The van der Waals surface area contributed by atoms with Crippen LogP contribution in [-0.2, 0) is 5.60 Å². The summed E-state index contributed by atoms with van der Waals surface area (Å²) in [5.74, 6) is -0.193. The minimum absolute atomic E-state index is 0.0301. The number of nitrogens with zero attached hydrogens (tertiary/aromatic N) is 3. The fourth-order valence-corrected chi connectivity index (χ4v) is 2.06. The van der Waals surface area contributed by atoms with Crippen LogP contribution in [0.4, 0.5) is 4.39 Å². The Morgan fingerprint density at radius 3 is 2.72 bits per heavy atom. The number of aliphatic imine (C=N–C) groups is 1. The Morgan fingerprint density at radius 1 is 1.56 bits per heavy atom. The molecule has 0 saturated heterocycles. The molecule has 96 valence electrons. The molecule has 1 N–H and O–H groups in total. The maximum atomic E-state index is 13.7. The van der Waals surface area contributed by atoms with Crippen molar-refractivity contribution in [3.63, 3.8) is 0 Å². The Labute approximate surface area is 105 Å². The predicted octanol–water partition coefficient (Wildman–Crippen LogP) is 1.67. The second kappa shape index (κ2) is 4.17. The molecule has 2 unspecified atom stereocenters. The van der Waals surface area contributed by atoms with Crippen molar-refractivity contribution in [2.45, 2.75) is 25.5 Å². The standard InChI is InChI=1S/C13H16FN3O/c1-8-9(2)17(4)12(16-8)13(3,18)11-10(14)6-5-7-15-11/h5-8,18H,2H2,1,3-4H3. The fraction of sp³-hybridized carbons (Fsp3) is 0.385. The molecule has 1 aromatic heterocycles. The van der Waals surface area contributed by atoms with E-state index in [0.29, 0.717) is 5.84 Å². The van der Waals surface area contributed by atoms with Gasteiger partial charge in [-0.05, 0) is 26.0 Å². The summed E-state index contributed by atoms with van der Waals surface area (Å²) in [7, 11) is 1.75. The molecule has 5 heteroatoms. The highest BCUT2D eigenvalue weighted by atomic mass is 19.1. The smallest absolute Gasteiger partial charge is 0.164 e. The zero-order valence-corrected chi connectivity index (χ0v) is 10.7. The van der Waals surface area contributed by atoms with Gasteiger partial charge in [-0.15, -0.1) is 0 Å². The van der Waals surface area contributed by atoms with E-state index in [9.17, 15) is 9.50 Å². The van der Waals surface area contributed by atoms with E-state index in [1.54, 1.807) is 11.9 Å². The van der Waals surface area contributed by atoms with Crippen LogP contribution in [0.15, 0.2) is 35.6 Å². The van der Waals surface area contributed by atoms with Crippen LogP contribution < -0.4 is 0 Å². The van der Waals surface area contributed by atoms with E-state index in [0.717, 1.165) is 5.70 Å². The van der Waals surface area contributed by atoms with Gasteiger partial charge in [-0.3, -0.25) is 9.98 Å². The summed E-state index contributed by atoms with van der Waals surface area (Å²) >= 11 is 0. The van der Waals surface area contributed by atoms with Gasteiger partial charge >= 0.3 is 0 Å². The summed E-state index contributed by atoms with van der Waals surface area (Å²) in [5, 5.41) is 10.6. The van der Waals surface area contributed by atoms with Gasteiger partial charge in [-0.2, -0.15) is 0 Å². The molecular weight excluding hydrogens is 233 g/mol. The summed E-state index contributed by atoms with van der Waals surface area (Å²) < 4.78 is 13.7. The van der Waals surface area contributed by atoms with Gasteiger partial charge in [0.2, 0.25) is 0 Å². The van der Waals surface area contributed by atoms with Crippen molar-refractivity contribution in [1.29, 1.82) is 0 Å². The number of rotatable bonds is 2. The number of hydrogen-bond donors (Lipinski definition) is 1. The molecule has 0 fully saturated rings. The van der Waals surface area contributed by atoms with Crippen LogP contribution in [-0.4, -0.2) is 33.9 Å². The van der Waals surface area contributed by atoms with E-state index in [-0.39, 0.29) is 11.7 Å². The van der Waals surface area contributed by atoms with Crippen LogP contribution in [0.5, 0.6) is 0 Å². The fourth-order valence-electron chi connectivity index (χ4n) is 2.06. The van der Waals surface area contributed by atoms with E-state index in [1.807, 2.05) is 6.92 Å². The highest BCUT2D eigenvalue weighted by molar-refractivity contribution is 5.94. The topological polar surface area (TPSA) is 48.7 Å². The molecule has 1 aromatic rings. The molecule has 0 bridgehead atoms. The van der Waals surface area contributed by atoms with E-state index in [2.05, 4.69) is 16.6 Å². The molecule has 0 radical (unpaired) electrons. The Balaban J connectivity index is 2.47. The summed E-state index contributed by atoms with van der Waals surface area (Å²) in [6.07, 6.45) is 1.45. The lowest BCUT2D eigenvalue weighted by molar-refractivity contribution is 0.113. The van der Waals surface area contributed by atoms with Crippen LogP contribution in [0, 0.1) is 5.82 Å². The van der Waals surface area contributed by atoms with Gasteiger partial charge in [-0.1, -0.05) is 6.58 Å². The van der Waals surface area contributed by atoms with Crippen LogP contribution >= 0.6 is 0 Å². The Morgan fingerprint density at radius 2 is 2.22 bits per heavy atom. The third kappa shape index (κ3) is 1.80. The van der Waals surface area contributed by atoms with Gasteiger partial charge < -0.3 is 10.0 Å². The second-order valence-corrected chi connectivity index (χ2v) is 4.59. The first kappa shape index (κ1) is 12.7. The lowest BCUT2D eigenvalue weighted by Crippen LogP contribution is -2.41. The van der Waals surface area contributed by atoms with Crippen molar-refractivity contribution in [3.8, 4) is 0 Å². The molecule has 2 rings (SSSR count). The maximum absolute atomic E-state index is 13.7. The molecule has 0 aliphatic carbocycles. The summed E-state index contributed by atoms with van der Waals surface area (Å²) in [6, 6.07) is 2.63. The van der Waals surface area contributed by atoms with Crippen LogP contribution in [0.3, 0.4) is 0 Å². The number of aliphatic hydroxyl groups is 1.